The number of nitrogens with one attached hydrogen (secondary N) is 1. The first-order chi connectivity index (χ1) is 14.7. The van der Waals surface area contributed by atoms with E-state index in [1.165, 1.54) is 16.6 Å². The van der Waals surface area contributed by atoms with Crippen LogP contribution in [0.25, 0.3) is 10.9 Å². The van der Waals surface area contributed by atoms with E-state index in [1.54, 1.807) is 0 Å². The molecule has 0 saturated carbocycles. The van der Waals surface area contributed by atoms with Gasteiger partial charge in [0.25, 0.3) is 5.91 Å². The minimum atomic E-state index is 0.103. The Balaban J connectivity index is 1.29. The lowest BCUT2D eigenvalue weighted by molar-refractivity contribution is 0.0764. The second kappa shape index (κ2) is 8.40. The number of thioether (sulfide) groups is 1. The molecule has 1 aliphatic carbocycles. The third kappa shape index (κ3) is 3.84. The number of fused-ring (bicyclic) bond motifs is 2. The molecule has 1 fully saturated rings. The number of benzene rings is 1. The molecule has 2 aromatic heterocycles. The largest absolute Gasteiger partial charge is 0.336 e. The van der Waals surface area contributed by atoms with Crippen LogP contribution in [-0.2, 0) is 26.4 Å². The van der Waals surface area contributed by atoms with Crippen LogP contribution in [0.5, 0.6) is 0 Å². The SMILES string of the molecule is Cn1nc(C(=O)N2CCSCC2)c2c1CCC(NCc1cnc3ccccc3c1)C2. The summed E-state index contributed by atoms with van der Waals surface area (Å²) in [5.74, 6) is 2.14. The quantitative estimate of drug-likeness (QED) is 0.702. The number of nitrogens with zero attached hydrogens (tertiary/aromatic N) is 4. The van der Waals surface area contributed by atoms with Crippen molar-refractivity contribution in [1.29, 1.82) is 0 Å². The molecule has 2 aliphatic rings. The first-order valence-electron chi connectivity index (χ1n) is 10.7. The Hall–Kier alpha value is -2.38. The number of para-hydroxylation sites is 1. The normalized spacial score (nSPS) is 19.1. The van der Waals surface area contributed by atoms with Crippen molar-refractivity contribution in [2.24, 2.45) is 7.05 Å². The third-order valence-electron chi connectivity index (χ3n) is 6.20. The van der Waals surface area contributed by atoms with E-state index in [9.17, 15) is 4.79 Å². The summed E-state index contributed by atoms with van der Waals surface area (Å²) >= 11 is 1.92. The fourth-order valence-electron chi connectivity index (χ4n) is 4.53. The fourth-order valence-corrected chi connectivity index (χ4v) is 5.43. The van der Waals surface area contributed by atoms with E-state index < -0.39 is 0 Å². The molecule has 1 aliphatic heterocycles. The second-order valence-electron chi connectivity index (χ2n) is 8.16. The first-order valence-corrected chi connectivity index (χ1v) is 11.8. The van der Waals surface area contributed by atoms with Gasteiger partial charge in [-0.15, -0.1) is 0 Å². The van der Waals surface area contributed by atoms with Gasteiger partial charge in [0.2, 0.25) is 0 Å². The first kappa shape index (κ1) is 19.6. The van der Waals surface area contributed by atoms with Crippen molar-refractivity contribution >= 4 is 28.6 Å². The number of rotatable bonds is 4. The summed E-state index contributed by atoms with van der Waals surface area (Å²) in [6.45, 7) is 2.43. The molecule has 1 unspecified atom stereocenters. The average Bonchev–Trinajstić information content (AvgIpc) is 3.13. The van der Waals surface area contributed by atoms with Crippen molar-refractivity contribution in [2.45, 2.75) is 31.8 Å². The van der Waals surface area contributed by atoms with Crippen molar-refractivity contribution in [3.63, 3.8) is 0 Å². The van der Waals surface area contributed by atoms with Gasteiger partial charge in [-0.2, -0.15) is 16.9 Å². The maximum atomic E-state index is 13.1. The number of carbonyl (C=O) groups excluding carboxylic acids is 1. The van der Waals surface area contributed by atoms with E-state index >= 15 is 0 Å². The summed E-state index contributed by atoms with van der Waals surface area (Å²) in [5, 5.41) is 9.50. The highest BCUT2D eigenvalue weighted by molar-refractivity contribution is 7.99. The molecule has 1 amide bonds. The molecule has 0 bridgehead atoms. The summed E-state index contributed by atoms with van der Waals surface area (Å²) in [7, 11) is 1.97. The maximum Gasteiger partial charge on any atom is 0.274 e. The number of hydrogen-bond acceptors (Lipinski definition) is 5. The Kier molecular flexibility index (Phi) is 5.48. The van der Waals surface area contributed by atoms with Crippen LogP contribution in [0.1, 0.15) is 33.7 Å². The number of aromatic nitrogens is 3. The van der Waals surface area contributed by atoms with Crippen LogP contribution in [0, 0.1) is 0 Å². The molecular weight excluding hydrogens is 394 g/mol. The number of pyridine rings is 1. The monoisotopic (exact) mass is 421 g/mol. The van der Waals surface area contributed by atoms with Crippen molar-refractivity contribution in [1.82, 2.24) is 25.0 Å². The van der Waals surface area contributed by atoms with Gasteiger partial charge in [-0.3, -0.25) is 14.5 Å². The molecule has 3 aromatic rings. The summed E-state index contributed by atoms with van der Waals surface area (Å²) in [4.78, 5) is 19.6. The van der Waals surface area contributed by atoms with Crippen LogP contribution in [0.4, 0.5) is 0 Å². The van der Waals surface area contributed by atoms with Crippen LogP contribution in [-0.4, -0.2) is 56.2 Å². The predicted molar refractivity (Wildman–Crippen MR) is 121 cm³/mol. The minimum Gasteiger partial charge on any atom is -0.336 e. The Morgan fingerprint density at radius 1 is 1.27 bits per heavy atom. The predicted octanol–water partition coefficient (Wildman–Crippen LogP) is 2.80. The Morgan fingerprint density at radius 2 is 2.10 bits per heavy atom. The smallest absolute Gasteiger partial charge is 0.274 e. The standard InChI is InChI=1S/C23H27N5OS/c1-27-21-7-6-18(24-14-16-12-17-4-2-3-5-20(17)25-15-16)13-19(21)22(26-27)23(29)28-8-10-30-11-9-28/h2-5,12,15,18,24H,6-11,13-14H2,1H3. The minimum absolute atomic E-state index is 0.103. The zero-order valence-electron chi connectivity index (χ0n) is 17.3. The fraction of sp³-hybridized carbons (Fsp3) is 0.435. The molecule has 6 nitrogen and oxygen atoms in total. The number of hydrogen-bond donors (Lipinski definition) is 1. The van der Waals surface area contributed by atoms with Gasteiger partial charge < -0.3 is 10.2 Å². The van der Waals surface area contributed by atoms with Crippen molar-refractivity contribution in [2.75, 3.05) is 24.6 Å². The average molecular weight is 422 g/mol. The molecule has 156 valence electrons. The van der Waals surface area contributed by atoms with Crippen molar-refractivity contribution < 1.29 is 4.79 Å². The lowest BCUT2D eigenvalue weighted by atomic mass is 9.91. The van der Waals surface area contributed by atoms with Crippen LogP contribution >= 0.6 is 11.8 Å². The van der Waals surface area contributed by atoms with Crippen LogP contribution < -0.4 is 5.32 Å². The van der Waals surface area contributed by atoms with Gasteiger partial charge in [0.05, 0.1) is 5.52 Å². The highest BCUT2D eigenvalue weighted by Gasteiger charge is 2.30. The molecule has 7 heteroatoms. The maximum absolute atomic E-state index is 13.1. The molecule has 30 heavy (non-hydrogen) atoms. The molecule has 3 heterocycles. The second-order valence-corrected chi connectivity index (χ2v) is 9.38. The third-order valence-corrected chi connectivity index (χ3v) is 7.14. The Labute approximate surface area is 181 Å². The zero-order valence-corrected chi connectivity index (χ0v) is 18.1. The molecular formula is C23H27N5OS. The summed E-state index contributed by atoms with van der Waals surface area (Å²) in [6, 6.07) is 10.8. The Bertz CT molecular complexity index is 1070. The number of aryl methyl sites for hydroxylation is 1. The molecule has 1 saturated heterocycles. The number of carbonyl (C=O) groups is 1. The van der Waals surface area contributed by atoms with Gasteiger partial charge in [0, 0.05) is 67.1 Å². The lowest BCUT2D eigenvalue weighted by Gasteiger charge is -2.27. The summed E-state index contributed by atoms with van der Waals surface area (Å²) < 4.78 is 1.92. The van der Waals surface area contributed by atoms with Gasteiger partial charge in [-0.25, -0.2) is 0 Å². The van der Waals surface area contributed by atoms with Crippen LogP contribution in [0.15, 0.2) is 36.5 Å². The van der Waals surface area contributed by atoms with E-state index in [0.717, 1.165) is 61.5 Å². The van der Waals surface area contributed by atoms with Gasteiger partial charge in [0.1, 0.15) is 0 Å². The molecule has 1 atom stereocenters. The topological polar surface area (TPSA) is 63.1 Å². The van der Waals surface area contributed by atoms with E-state index in [-0.39, 0.29) is 5.91 Å². The highest BCUT2D eigenvalue weighted by atomic mass is 32.2. The van der Waals surface area contributed by atoms with E-state index in [1.807, 2.05) is 52.8 Å². The molecule has 5 rings (SSSR count). The van der Waals surface area contributed by atoms with E-state index in [2.05, 4.69) is 27.5 Å². The van der Waals surface area contributed by atoms with Gasteiger partial charge in [-0.05, 0) is 37.0 Å². The lowest BCUT2D eigenvalue weighted by Crippen LogP contribution is -2.39. The molecule has 0 radical (unpaired) electrons. The molecule has 1 aromatic carbocycles. The summed E-state index contributed by atoms with van der Waals surface area (Å²) in [5.41, 5.74) is 5.24. The summed E-state index contributed by atoms with van der Waals surface area (Å²) in [6.07, 6.45) is 4.82. The Morgan fingerprint density at radius 3 is 2.97 bits per heavy atom. The highest BCUT2D eigenvalue weighted by Crippen LogP contribution is 2.26. The van der Waals surface area contributed by atoms with Crippen LogP contribution in [0.3, 0.4) is 0 Å². The van der Waals surface area contributed by atoms with Gasteiger partial charge in [-0.1, -0.05) is 18.2 Å². The van der Waals surface area contributed by atoms with Gasteiger partial charge >= 0.3 is 0 Å². The van der Waals surface area contributed by atoms with Gasteiger partial charge in [0.15, 0.2) is 5.69 Å². The molecule has 1 N–H and O–H groups in total. The number of amides is 1. The van der Waals surface area contributed by atoms with Crippen LogP contribution in [0.2, 0.25) is 0 Å². The van der Waals surface area contributed by atoms with Crippen molar-refractivity contribution in [3.8, 4) is 0 Å². The van der Waals surface area contributed by atoms with E-state index in [4.69, 9.17) is 0 Å². The van der Waals surface area contributed by atoms with Crippen molar-refractivity contribution in [3.05, 3.63) is 59.0 Å². The zero-order chi connectivity index (χ0) is 20.5. The van der Waals surface area contributed by atoms with E-state index in [0.29, 0.717) is 11.7 Å². The molecule has 0 spiro atoms.